The van der Waals surface area contributed by atoms with Crippen molar-refractivity contribution in [3.05, 3.63) is 0 Å². The number of piperazine rings is 1. The number of aliphatic carboxylic acids is 1. The summed E-state index contributed by atoms with van der Waals surface area (Å²) in [4.78, 5) is 25.2. The van der Waals surface area contributed by atoms with Crippen molar-refractivity contribution in [3.8, 4) is 0 Å². The van der Waals surface area contributed by atoms with Crippen LogP contribution in [0.25, 0.3) is 0 Å². The van der Waals surface area contributed by atoms with Crippen LogP contribution in [0.1, 0.15) is 13.8 Å². The first-order valence-corrected chi connectivity index (χ1v) is 4.67. The van der Waals surface area contributed by atoms with Gasteiger partial charge in [-0.3, -0.25) is 9.69 Å². The van der Waals surface area contributed by atoms with E-state index in [9.17, 15) is 9.59 Å². The lowest BCUT2D eigenvalue weighted by molar-refractivity contribution is -0.157. The molecular weight excluding hydrogens is 184 g/mol. The zero-order chi connectivity index (χ0) is 10.9. The minimum absolute atomic E-state index is 0.210. The number of likely N-dealkylation sites (N-methyl/N-ethyl adjacent to an activating group) is 1. The first-order chi connectivity index (χ1) is 6.43. The van der Waals surface area contributed by atoms with Crippen LogP contribution in [0.15, 0.2) is 0 Å². The van der Waals surface area contributed by atoms with E-state index in [4.69, 9.17) is 5.11 Å². The second-order valence-electron chi connectivity index (χ2n) is 3.88. The van der Waals surface area contributed by atoms with Crippen LogP contribution < -0.4 is 0 Å². The average Bonchev–Trinajstić information content (AvgIpc) is 2.12. The molecule has 1 N–H and O–H groups in total. The highest BCUT2D eigenvalue weighted by atomic mass is 16.4. The van der Waals surface area contributed by atoms with Gasteiger partial charge >= 0.3 is 11.9 Å². The summed E-state index contributed by atoms with van der Waals surface area (Å²) in [6.07, 6.45) is 0. The number of carbonyl (C=O) groups is 2. The molecule has 1 heterocycles. The number of carbonyl (C=O) groups excluding carboxylic acids is 1. The monoisotopic (exact) mass is 200 g/mol. The van der Waals surface area contributed by atoms with Gasteiger partial charge in [-0.2, -0.15) is 0 Å². The summed E-state index contributed by atoms with van der Waals surface area (Å²) in [5, 5.41) is 8.57. The molecule has 1 amide bonds. The Labute approximate surface area is 83.3 Å². The van der Waals surface area contributed by atoms with E-state index in [0.29, 0.717) is 13.1 Å². The van der Waals surface area contributed by atoms with Crippen LogP contribution in [0.3, 0.4) is 0 Å². The van der Waals surface area contributed by atoms with E-state index in [0.717, 1.165) is 0 Å². The van der Waals surface area contributed by atoms with Gasteiger partial charge in [-0.25, -0.2) is 4.79 Å². The molecule has 0 aromatic heterocycles. The van der Waals surface area contributed by atoms with Gasteiger partial charge in [-0.05, 0) is 20.9 Å². The summed E-state index contributed by atoms with van der Waals surface area (Å²) in [5.41, 5.74) is 0. The van der Waals surface area contributed by atoms with E-state index in [1.807, 2.05) is 20.9 Å². The first-order valence-electron chi connectivity index (χ1n) is 4.67. The maximum absolute atomic E-state index is 11.2. The molecule has 14 heavy (non-hydrogen) atoms. The van der Waals surface area contributed by atoms with Crippen LogP contribution in [0.2, 0.25) is 0 Å². The highest BCUT2D eigenvalue weighted by Crippen LogP contribution is 2.13. The SMILES string of the molecule is C[C@@H]1CN(C(=O)C(=O)O)C[C@H](C)N1C. The molecule has 1 fully saturated rings. The van der Waals surface area contributed by atoms with Crippen molar-refractivity contribution in [1.29, 1.82) is 0 Å². The summed E-state index contributed by atoms with van der Waals surface area (Å²) in [7, 11) is 1.98. The molecule has 1 aliphatic rings. The fraction of sp³-hybridized carbons (Fsp3) is 0.778. The molecule has 0 aromatic carbocycles. The van der Waals surface area contributed by atoms with Crippen molar-refractivity contribution in [1.82, 2.24) is 9.80 Å². The molecule has 0 aliphatic carbocycles. The summed E-state index contributed by atoms with van der Waals surface area (Å²) >= 11 is 0. The Kier molecular flexibility index (Phi) is 3.10. The maximum atomic E-state index is 11.2. The van der Waals surface area contributed by atoms with E-state index in [1.54, 1.807) is 0 Å². The summed E-state index contributed by atoms with van der Waals surface area (Å²) in [6, 6.07) is 0.420. The van der Waals surface area contributed by atoms with E-state index in [-0.39, 0.29) is 12.1 Å². The minimum Gasteiger partial charge on any atom is -0.474 e. The van der Waals surface area contributed by atoms with Crippen molar-refractivity contribution < 1.29 is 14.7 Å². The predicted octanol–water partition coefficient (Wildman–Crippen LogP) is -0.378. The molecular formula is C9H16N2O3. The third-order valence-electron chi connectivity index (χ3n) is 2.83. The van der Waals surface area contributed by atoms with Crippen LogP contribution in [-0.4, -0.2) is 59.0 Å². The standard InChI is InChI=1S/C9H16N2O3/c1-6-4-11(8(12)9(13)14)5-7(2)10(6)3/h6-7H,4-5H2,1-3H3,(H,13,14)/t6-,7+. The van der Waals surface area contributed by atoms with Crippen LogP contribution in [0.4, 0.5) is 0 Å². The minimum atomic E-state index is -1.37. The third kappa shape index (κ3) is 2.04. The fourth-order valence-corrected chi connectivity index (χ4v) is 1.71. The lowest BCUT2D eigenvalue weighted by Crippen LogP contribution is -2.57. The summed E-state index contributed by atoms with van der Waals surface area (Å²) in [6.45, 7) is 4.95. The van der Waals surface area contributed by atoms with Crippen molar-refractivity contribution in [3.63, 3.8) is 0 Å². The van der Waals surface area contributed by atoms with Crippen LogP contribution >= 0.6 is 0 Å². The Balaban J connectivity index is 2.67. The smallest absolute Gasteiger partial charge is 0.394 e. The van der Waals surface area contributed by atoms with Crippen LogP contribution in [0.5, 0.6) is 0 Å². The van der Waals surface area contributed by atoms with Gasteiger partial charge in [0.1, 0.15) is 0 Å². The first kappa shape index (κ1) is 11.0. The molecule has 5 heteroatoms. The number of hydrogen-bond donors (Lipinski definition) is 1. The molecule has 0 bridgehead atoms. The molecule has 5 nitrogen and oxygen atoms in total. The maximum Gasteiger partial charge on any atom is 0.394 e. The van der Waals surface area contributed by atoms with Crippen molar-refractivity contribution in [2.75, 3.05) is 20.1 Å². The molecule has 1 aliphatic heterocycles. The summed E-state index contributed by atoms with van der Waals surface area (Å²) < 4.78 is 0. The van der Waals surface area contributed by atoms with Crippen molar-refractivity contribution in [2.24, 2.45) is 0 Å². The highest BCUT2D eigenvalue weighted by Gasteiger charge is 2.31. The molecule has 0 spiro atoms. The van der Waals surface area contributed by atoms with E-state index < -0.39 is 11.9 Å². The Bertz CT molecular complexity index is 242. The Morgan fingerprint density at radius 1 is 1.21 bits per heavy atom. The zero-order valence-electron chi connectivity index (χ0n) is 8.73. The van der Waals surface area contributed by atoms with Gasteiger partial charge in [0.25, 0.3) is 0 Å². The van der Waals surface area contributed by atoms with E-state index >= 15 is 0 Å². The van der Waals surface area contributed by atoms with Gasteiger partial charge < -0.3 is 10.0 Å². The van der Waals surface area contributed by atoms with Gasteiger partial charge in [0, 0.05) is 25.2 Å². The van der Waals surface area contributed by atoms with Gasteiger partial charge in [-0.1, -0.05) is 0 Å². The van der Waals surface area contributed by atoms with Crippen LogP contribution in [0, 0.1) is 0 Å². The Morgan fingerprint density at radius 3 is 2.00 bits per heavy atom. The van der Waals surface area contributed by atoms with Crippen molar-refractivity contribution in [2.45, 2.75) is 25.9 Å². The van der Waals surface area contributed by atoms with Crippen molar-refractivity contribution >= 4 is 11.9 Å². The lowest BCUT2D eigenvalue weighted by Gasteiger charge is -2.41. The molecule has 2 atom stereocenters. The van der Waals surface area contributed by atoms with Gasteiger partial charge in [0.2, 0.25) is 0 Å². The predicted molar refractivity (Wildman–Crippen MR) is 50.9 cm³/mol. The Morgan fingerprint density at radius 2 is 1.64 bits per heavy atom. The van der Waals surface area contributed by atoms with Gasteiger partial charge in [0.05, 0.1) is 0 Å². The third-order valence-corrected chi connectivity index (χ3v) is 2.83. The number of hydrogen-bond acceptors (Lipinski definition) is 3. The lowest BCUT2D eigenvalue weighted by atomic mass is 10.1. The molecule has 1 saturated heterocycles. The molecule has 80 valence electrons. The number of nitrogens with zero attached hydrogens (tertiary/aromatic N) is 2. The average molecular weight is 200 g/mol. The molecule has 0 unspecified atom stereocenters. The van der Waals surface area contributed by atoms with Gasteiger partial charge in [0.15, 0.2) is 0 Å². The molecule has 0 aromatic rings. The number of carboxylic acids is 1. The second-order valence-corrected chi connectivity index (χ2v) is 3.88. The van der Waals surface area contributed by atoms with Gasteiger partial charge in [-0.15, -0.1) is 0 Å². The normalized spacial score (nSPS) is 28.9. The molecule has 0 radical (unpaired) electrons. The number of carboxylic acid groups (broad SMARTS) is 1. The van der Waals surface area contributed by atoms with Crippen LogP contribution in [-0.2, 0) is 9.59 Å². The number of rotatable bonds is 0. The van der Waals surface area contributed by atoms with E-state index in [2.05, 4.69) is 4.90 Å². The topological polar surface area (TPSA) is 60.9 Å². The second kappa shape index (κ2) is 3.96. The largest absolute Gasteiger partial charge is 0.474 e. The molecule has 1 rings (SSSR count). The quantitative estimate of drug-likeness (QED) is 0.542. The molecule has 0 saturated carbocycles. The number of amides is 1. The summed E-state index contributed by atoms with van der Waals surface area (Å²) in [5.74, 6) is -2.16. The Hall–Kier alpha value is -1.10. The zero-order valence-corrected chi connectivity index (χ0v) is 8.73. The highest BCUT2D eigenvalue weighted by molar-refractivity contribution is 6.31. The fourth-order valence-electron chi connectivity index (χ4n) is 1.71. The van der Waals surface area contributed by atoms with E-state index in [1.165, 1.54) is 4.90 Å².